The minimum absolute atomic E-state index is 0.232. The zero-order chi connectivity index (χ0) is 23.4. The molecule has 1 aliphatic rings. The van der Waals surface area contributed by atoms with E-state index in [1.807, 2.05) is 19.1 Å². The fourth-order valence-electron chi connectivity index (χ4n) is 3.94. The number of piperazine rings is 1. The molecule has 174 valence electrons. The van der Waals surface area contributed by atoms with Crippen molar-refractivity contribution in [1.29, 1.82) is 0 Å². The third-order valence-electron chi connectivity index (χ3n) is 5.54. The van der Waals surface area contributed by atoms with Crippen molar-refractivity contribution >= 4 is 17.6 Å². The predicted molar refractivity (Wildman–Crippen MR) is 122 cm³/mol. The van der Waals surface area contributed by atoms with Crippen LogP contribution in [-0.2, 0) is 9.53 Å². The molecule has 0 aliphatic carbocycles. The second-order valence-corrected chi connectivity index (χ2v) is 8.60. The van der Waals surface area contributed by atoms with E-state index in [4.69, 9.17) is 9.72 Å². The lowest BCUT2D eigenvalue weighted by Crippen LogP contribution is -2.60. The third kappa shape index (κ3) is 5.07. The van der Waals surface area contributed by atoms with Crippen molar-refractivity contribution in [2.45, 2.75) is 52.2 Å². The molecule has 0 N–H and O–H groups in total. The van der Waals surface area contributed by atoms with Gasteiger partial charge in [0.05, 0.1) is 17.9 Å². The highest BCUT2D eigenvalue weighted by atomic mass is 16.5. The maximum atomic E-state index is 11.9. The molecule has 1 atom stereocenters. The normalized spacial score (nSPS) is 16.5. The first-order valence-electron chi connectivity index (χ1n) is 11.1. The molecule has 0 radical (unpaired) electrons. The van der Waals surface area contributed by atoms with Crippen LogP contribution < -0.4 is 9.80 Å². The van der Waals surface area contributed by atoms with Crippen LogP contribution in [0.25, 0.3) is 5.95 Å². The van der Waals surface area contributed by atoms with Gasteiger partial charge in [-0.3, -0.25) is 4.79 Å². The van der Waals surface area contributed by atoms with Crippen LogP contribution in [0.3, 0.4) is 0 Å². The number of carbonyl (C=O) groups is 1. The molecule has 4 heterocycles. The van der Waals surface area contributed by atoms with E-state index in [1.165, 1.54) is 0 Å². The Hall–Kier alpha value is -3.63. The molecule has 4 rings (SSSR count). The number of esters is 1. The zero-order valence-electron chi connectivity index (χ0n) is 19.4. The number of hydrogen-bond acceptors (Lipinski definition) is 10. The van der Waals surface area contributed by atoms with Crippen LogP contribution in [-0.4, -0.2) is 66.1 Å². The van der Waals surface area contributed by atoms with Crippen molar-refractivity contribution in [3.05, 3.63) is 42.7 Å². The molecule has 1 saturated heterocycles. The average molecular weight is 452 g/mol. The molecule has 0 spiro atoms. The molecule has 0 unspecified atom stereocenters. The van der Waals surface area contributed by atoms with Gasteiger partial charge in [0.15, 0.2) is 11.9 Å². The van der Waals surface area contributed by atoms with Gasteiger partial charge in [-0.1, -0.05) is 12.1 Å². The first kappa shape index (κ1) is 22.6. The maximum Gasteiger partial charge on any atom is 0.306 e. The van der Waals surface area contributed by atoms with E-state index >= 15 is 0 Å². The summed E-state index contributed by atoms with van der Waals surface area (Å²) >= 11 is 0. The second-order valence-electron chi connectivity index (χ2n) is 8.60. The van der Waals surface area contributed by atoms with E-state index in [-0.39, 0.29) is 11.5 Å². The number of hydrogen-bond donors (Lipinski definition) is 0. The molecular formula is C22H29N9O2. The van der Waals surface area contributed by atoms with Crippen molar-refractivity contribution in [3.8, 4) is 5.95 Å². The van der Waals surface area contributed by atoms with Gasteiger partial charge in [0, 0.05) is 38.4 Å². The summed E-state index contributed by atoms with van der Waals surface area (Å²) in [5.41, 5.74) is -0.232. The first-order valence-corrected chi connectivity index (χ1v) is 11.1. The minimum atomic E-state index is -0.496. The predicted octanol–water partition coefficient (Wildman–Crippen LogP) is 2.36. The summed E-state index contributed by atoms with van der Waals surface area (Å²) in [7, 11) is 0. The van der Waals surface area contributed by atoms with Crippen LogP contribution in [0.1, 0.15) is 52.5 Å². The van der Waals surface area contributed by atoms with Crippen molar-refractivity contribution in [1.82, 2.24) is 34.9 Å². The summed E-state index contributed by atoms with van der Waals surface area (Å²) in [5, 5.41) is 7.80. The Morgan fingerprint density at radius 1 is 1.12 bits per heavy atom. The molecule has 11 heteroatoms. The van der Waals surface area contributed by atoms with Crippen molar-refractivity contribution < 1.29 is 9.53 Å². The summed E-state index contributed by atoms with van der Waals surface area (Å²) < 4.78 is 7.01. The molecule has 0 saturated carbocycles. The fourth-order valence-corrected chi connectivity index (χ4v) is 3.94. The fraction of sp³-hybridized carbons (Fsp3) is 0.500. The number of carbonyl (C=O) groups excluding carboxylic acids is 1. The number of anilines is 2. The molecule has 1 aliphatic heterocycles. The topological polar surface area (TPSA) is 115 Å². The summed E-state index contributed by atoms with van der Waals surface area (Å²) in [6.45, 7) is 10.3. The van der Waals surface area contributed by atoms with Crippen LogP contribution in [0.15, 0.2) is 36.9 Å². The lowest BCUT2D eigenvalue weighted by atomic mass is 9.98. The van der Waals surface area contributed by atoms with E-state index < -0.39 is 6.10 Å². The highest BCUT2D eigenvalue weighted by Crippen LogP contribution is 2.29. The zero-order valence-corrected chi connectivity index (χ0v) is 19.4. The van der Waals surface area contributed by atoms with E-state index in [0.717, 1.165) is 37.7 Å². The molecule has 1 fully saturated rings. The second kappa shape index (κ2) is 9.47. The minimum Gasteiger partial charge on any atom is -0.454 e. The molecule has 11 nitrogen and oxygen atoms in total. The van der Waals surface area contributed by atoms with Crippen LogP contribution in [0.2, 0.25) is 0 Å². The highest BCUT2D eigenvalue weighted by Gasteiger charge is 2.35. The largest absolute Gasteiger partial charge is 0.454 e. The first-order chi connectivity index (χ1) is 15.9. The maximum absolute atomic E-state index is 11.9. The molecule has 3 aromatic rings. The van der Waals surface area contributed by atoms with E-state index in [1.54, 1.807) is 36.4 Å². The van der Waals surface area contributed by atoms with E-state index in [2.05, 4.69) is 48.9 Å². The van der Waals surface area contributed by atoms with Gasteiger partial charge in [0.25, 0.3) is 5.95 Å². The molecule has 33 heavy (non-hydrogen) atoms. The van der Waals surface area contributed by atoms with Crippen LogP contribution in [0.4, 0.5) is 11.6 Å². The lowest BCUT2D eigenvalue weighted by molar-refractivity contribution is -0.149. The van der Waals surface area contributed by atoms with E-state index in [0.29, 0.717) is 18.2 Å². The van der Waals surface area contributed by atoms with Gasteiger partial charge >= 0.3 is 5.97 Å². The summed E-state index contributed by atoms with van der Waals surface area (Å²) in [6, 6.07) is 3.80. The summed E-state index contributed by atoms with van der Waals surface area (Å²) in [5.74, 6) is 2.40. The van der Waals surface area contributed by atoms with Crippen molar-refractivity contribution in [2.75, 3.05) is 29.4 Å². The number of rotatable bonds is 7. The van der Waals surface area contributed by atoms with Gasteiger partial charge < -0.3 is 14.5 Å². The quantitative estimate of drug-likeness (QED) is 0.496. The average Bonchev–Trinajstić information content (AvgIpc) is 3.34. The third-order valence-corrected chi connectivity index (χ3v) is 5.54. The number of nitrogens with zero attached hydrogens (tertiary/aromatic N) is 9. The van der Waals surface area contributed by atoms with Crippen molar-refractivity contribution in [2.24, 2.45) is 0 Å². The molecule has 3 aromatic heterocycles. The van der Waals surface area contributed by atoms with Crippen LogP contribution in [0.5, 0.6) is 0 Å². The molecule has 0 aromatic carbocycles. The lowest BCUT2D eigenvalue weighted by Gasteiger charge is -2.48. The Bertz CT molecular complexity index is 1090. The SMILES string of the molecule is CCCC(=O)O[C@H](C)c1nccc(N2CCN(c3ccnc(-n4ccnn4)n3)CC2(C)C)n1. The smallest absolute Gasteiger partial charge is 0.306 e. The highest BCUT2D eigenvalue weighted by molar-refractivity contribution is 5.69. The Balaban J connectivity index is 1.49. The number of aromatic nitrogens is 7. The van der Waals surface area contributed by atoms with E-state index in [9.17, 15) is 4.79 Å². The Labute approximate surface area is 192 Å². The number of ether oxygens (including phenoxy) is 1. The Morgan fingerprint density at radius 3 is 2.64 bits per heavy atom. The van der Waals surface area contributed by atoms with Gasteiger partial charge in [-0.15, -0.1) is 5.10 Å². The standard InChI is InChI=1S/C22H29N9O2/c1-5-6-19(32)33-16(2)20-23-9-8-18(26-20)30-14-13-29(15-22(30,3)4)17-7-10-24-21(27-17)31-12-11-25-28-31/h7-12,16H,5-6,13-15H2,1-4H3/t16-/m1/s1. The molecular weight excluding hydrogens is 422 g/mol. The molecule has 0 bridgehead atoms. The van der Waals surface area contributed by atoms with Gasteiger partial charge in [0.1, 0.15) is 11.6 Å². The van der Waals surface area contributed by atoms with Gasteiger partial charge in [-0.05, 0) is 39.3 Å². The van der Waals surface area contributed by atoms with Crippen LogP contribution in [0, 0.1) is 0 Å². The van der Waals surface area contributed by atoms with Gasteiger partial charge in [-0.25, -0.2) is 15.0 Å². The summed E-state index contributed by atoms with van der Waals surface area (Å²) in [6.07, 6.45) is 7.41. The Morgan fingerprint density at radius 2 is 1.91 bits per heavy atom. The molecule has 0 amide bonds. The van der Waals surface area contributed by atoms with Crippen LogP contribution >= 0.6 is 0 Å². The van der Waals surface area contributed by atoms with Gasteiger partial charge in [0.2, 0.25) is 0 Å². The van der Waals surface area contributed by atoms with Crippen molar-refractivity contribution in [3.63, 3.8) is 0 Å². The van der Waals surface area contributed by atoms with Gasteiger partial charge in [-0.2, -0.15) is 9.67 Å². The Kier molecular flexibility index (Phi) is 6.47. The summed E-state index contributed by atoms with van der Waals surface area (Å²) in [4.78, 5) is 34.4. The monoisotopic (exact) mass is 451 g/mol.